The fourth-order valence-electron chi connectivity index (χ4n) is 4.05. The van der Waals surface area contributed by atoms with Crippen molar-refractivity contribution in [2.24, 2.45) is 0 Å². The largest absolute Gasteiger partial charge is 4.00 e. The van der Waals surface area contributed by atoms with Gasteiger partial charge >= 0.3 is 21.1 Å². The molecule has 0 amide bonds. The van der Waals surface area contributed by atoms with Crippen molar-refractivity contribution < 1.29 is 21.1 Å². The minimum absolute atomic E-state index is 0. The minimum atomic E-state index is 0. The first-order valence-electron chi connectivity index (χ1n) is 12.1. The van der Waals surface area contributed by atoms with E-state index in [0.717, 1.165) is 11.4 Å². The van der Waals surface area contributed by atoms with Gasteiger partial charge in [0, 0.05) is 12.7 Å². The van der Waals surface area contributed by atoms with Gasteiger partial charge < -0.3 is 24.4 Å². The third-order valence-corrected chi connectivity index (χ3v) is 6.32. The van der Waals surface area contributed by atoms with E-state index in [1.54, 1.807) is 0 Å². The Morgan fingerprint density at radius 2 is 1.35 bits per heavy atom. The SMILES string of the molecule is [C-]#[N+]C1=CN(c2[c-]ccc(C(C)(C)C)c2)[CH-]N1CCN1[CH-]N(c2[c-]ccc(C(C)(C)C)c2)C=C1C#N.[Pt+4]. The van der Waals surface area contributed by atoms with E-state index in [9.17, 15) is 5.26 Å². The Morgan fingerprint density at radius 3 is 1.84 bits per heavy atom. The van der Waals surface area contributed by atoms with E-state index < -0.39 is 0 Å². The molecule has 0 radical (unpaired) electrons. The molecule has 2 aromatic carbocycles. The Hall–Kier alpha value is -3.21. The summed E-state index contributed by atoms with van der Waals surface area (Å²) in [6, 6.07) is 21.1. The molecule has 192 valence electrons. The molecular formula is C30H32N6Pt. The van der Waals surface area contributed by atoms with Crippen molar-refractivity contribution in [3.63, 3.8) is 0 Å². The van der Waals surface area contributed by atoms with Gasteiger partial charge in [-0.2, -0.15) is 59.5 Å². The quantitative estimate of drug-likeness (QED) is 0.357. The Balaban J connectivity index is 0.00000380. The first-order valence-corrected chi connectivity index (χ1v) is 12.1. The van der Waals surface area contributed by atoms with Crippen LogP contribution in [0.3, 0.4) is 0 Å². The first-order chi connectivity index (χ1) is 17.0. The van der Waals surface area contributed by atoms with Crippen LogP contribution in [0.4, 0.5) is 11.4 Å². The summed E-state index contributed by atoms with van der Waals surface area (Å²) in [6.07, 6.45) is 3.66. The van der Waals surface area contributed by atoms with E-state index >= 15 is 0 Å². The molecule has 0 unspecified atom stereocenters. The van der Waals surface area contributed by atoms with Gasteiger partial charge in [-0.25, -0.2) is 0 Å². The second kappa shape index (κ2) is 11.0. The molecule has 2 aliphatic rings. The normalized spacial score (nSPS) is 15.7. The minimum Gasteiger partial charge on any atom is -0.499 e. The molecule has 0 N–H and O–H groups in total. The van der Waals surface area contributed by atoms with Gasteiger partial charge in [0.05, 0.1) is 6.54 Å². The number of hydrogen-bond donors (Lipinski definition) is 0. The molecule has 0 fully saturated rings. The fourth-order valence-corrected chi connectivity index (χ4v) is 4.05. The zero-order valence-electron chi connectivity index (χ0n) is 22.2. The number of nitriles is 1. The van der Waals surface area contributed by atoms with Crippen LogP contribution in [0.1, 0.15) is 52.7 Å². The van der Waals surface area contributed by atoms with Crippen molar-refractivity contribution in [2.45, 2.75) is 52.4 Å². The molecule has 2 aromatic rings. The predicted molar refractivity (Wildman–Crippen MR) is 143 cm³/mol. The summed E-state index contributed by atoms with van der Waals surface area (Å²) in [7, 11) is 0. The van der Waals surface area contributed by atoms with Crippen molar-refractivity contribution in [3.05, 3.63) is 108 Å². The van der Waals surface area contributed by atoms with E-state index in [0.29, 0.717) is 24.6 Å². The molecule has 0 saturated heterocycles. The third-order valence-electron chi connectivity index (χ3n) is 6.32. The topological polar surface area (TPSA) is 41.1 Å². The summed E-state index contributed by atoms with van der Waals surface area (Å²) in [5.41, 5.74) is 4.82. The van der Waals surface area contributed by atoms with E-state index in [1.807, 2.05) is 57.5 Å². The van der Waals surface area contributed by atoms with Gasteiger partial charge in [-0.3, -0.25) is 0 Å². The third kappa shape index (κ3) is 6.38. The van der Waals surface area contributed by atoms with Crippen LogP contribution >= 0.6 is 0 Å². The van der Waals surface area contributed by atoms with Crippen molar-refractivity contribution in [1.29, 1.82) is 5.26 Å². The molecule has 0 atom stereocenters. The standard InChI is InChI=1S/C30H32N6.Pt/c1-29(2,3)23-10-8-12-25(16-23)35-19-27(18-31)33(21-35)14-15-34-22-36(20-28(34)32-7)26-13-9-11-24(17-26)30(4,5)6;/h8-11,16-17,19-22H,14-15H2,1-6H3;/q-4;+4. The summed E-state index contributed by atoms with van der Waals surface area (Å²) in [5.74, 6) is 0.536. The van der Waals surface area contributed by atoms with Crippen LogP contribution in [-0.4, -0.2) is 22.9 Å². The van der Waals surface area contributed by atoms with Crippen molar-refractivity contribution >= 4 is 11.4 Å². The number of allylic oxidation sites excluding steroid dienone is 1. The maximum atomic E-state index is 9.75. The smallest absolute Gasteiger partial charge is 0.499 e. The number of rotatable bonds is 5. The molecule has 0 spiro atoms. The Morgan fingerprint density at radius 1 is 0.865 bits per heavy atom. The summed E-state index contributed by atoms with van der Waals surface area (Å²) in [6.45, 7) is 25.7. The van der Waals surface area contributed by atoms with Crippen LogP contribution in [-0.2, 0) is 31.9 Å². The monoisotopic (exact) mass is 671 g/mol. The van der Waals surface area contributed by atoms with E-state index in [2.05, 4.69) is 88.9 Å². The molecule has 2 heterocycles. The molecule has 7 heteroatoms. The van der Waals surface area contributed by atoms with Crippen LogP contribution in [0.5, 0.6) is 0 Å². The van der Waals surface area contributed by atoms with Crippen LogP contribution < -0.4 is 9.80 Å². The van der Waals surface area contributed by atoms with E-state index in [-0.39, 0.29) is 31.9 Å². The number of benzene rings is 2. The summed E-state index contributed by atoms with van der Waals surface area (Å²) in [4.78, 5) is 11.4. The van der Waals surface area contributed by atoms with Crippen LogP contribution in [0.2, 0.25) is 0 Å². The van der Waals surface area contributed by atoms with Gasteiger partial charge in [-0.1, -0.05) is 54.8 Å². The van der Waals surface area contributed by atoms with Crippen molar-refractivity contribution in [1.82, 2.24) is 9.80 Å². The maximum absolute atomic E-state index is 9.75. The molecule has 2 aliphatic heterocycles. The van der Waals surface area contributed by atoms with E-state index in [1.165, 1.54) is 11.1 Å². The average molecular weight is 672 g/mol. The van der Waals surface area contributed by atoms with Gasteiger partial charge in [0.2, 0.25) is 5.82 Å². The fraction of sp³-hybridized carbons (Fsp3) is 0.333. The van der Waals surface area contributed by atoms with Crippen LogP contribution in [0.15, 0.2) is 60.3 Å². The van der Waals surface area contributed by atoms with Gasteiger partial charge in [0.1, 0.15) is 11.8 Å². The molecule has 0 saturated carbocycles. The Kier molecular flexibility index (Phi) is 8.46. The van der Waals surface area contributed by atoms with Crippen LogP contribution in [0.25, 0.3) is 4.85 Å². The summed E-state index contributed by atoms with van der Waals surface area (Å²) >= 11 is 0. The zero-order valence-corrected chi connectivity index (χ0v) is 24.5. The Labute approximate surface area is 236 Å². The summed E-state index contributed by atoms with van der Waals surface area (Å²) in [5, 5.41) is 9.75. The van der Waals surface area contributed by atoms with Crippen molar-refractivity contribution in [3.8, 4) is 6.07 Å². The second-order valence-corrected chi connectivity index (χ2v) is 11.1. The van der Waals surface area contributed by atoms with Gasteiger partial charge in [-0.15, -0.1) is 23.5 Å². The van der Waals surface area contributed by atoms with Gasteiger partial charge in [0.25, 0.3) is 0 Å². The van der Waals surface area contributed by atoms with Crippen LogP contribution in [0, 0.1) is 43.4 Å². The summed E-state index contributed by atoms with van der Waals surface area (Å²) < 4.78 is 0. The predicted octanol–water partition coefficient (Wildman–Crippen LogP) is 6.15. The number of hydrogen-bond acceptors (Lipinski definition) is 5. The molecule has 0 aliphatic carbocycles. The molecule has 6 nitrogen and oxygen atoms in total. The maximum Gasteiger partial charge on any atom is 4.00 e. The molecular weight excluding hydrogens is 639 g/mol. The molecule has 4 rings (SSSR count). The van der Waals surface area contributed by atoms with Gasteiger partial charge in [0.15, 0.2) is 0 Å². The Bertz CT molecular complexity index is 1170. The van der Waals surface area contributed by atoms with Gasteiger partial charge in [-0.05, 0) is 17.0 Å². The average Bonchev–Trinajstić information content (AvgIpc) is 3.45. The first kappa shape index (κ1) is 28.4. The number of anilines is 2. The molecule has 0 bridgehead atoms. The van der Waals surface area contributed by atoms with Crippen molar-refractivity contribution in [2.75, 3.05) is 22.9 Å². The zero-order chi connectivity index (χ0) is 26.1. The molecule has 0 aromatic heterocycles. The number of nitrogens with zero attached hydrogens (tertiary/aromatic N) is 6. The van der Waals surface area contributed by atoms with E-state index in [4.69, 9.17) is 6.57 Å². The molecule has 37 heavy (non-hydrogen) atoms. The second-order valence-electron chi connectivity index (χ2n) is 11.1.